The second-order valence-corrected chi connectivity index (χ2v) is 18.5. The van der Waals surface area contributed by atoms with E-state index in [-0.39, 0.29) is 6.61 Å². The van der Waals surface area contributed by atoms with Gasteiger partial charge in [0.15, 0.2) is 5.76 Å². The van der Waals surface area contributed by atoms with Crippen molar-refractivity contribution in [1.82, 2.24) is 0 Å². The van der Waals surface area contributed by atoms with Gasteiger partial charge in [-0.3, -0.25) is 0 Å². The average Bonchev–Trinajstić information content (AvgIpc) is 3.46. The summed E-state index contributed by atoms with van der Waals surface area (Å²) in [6, 6.07) is 69.2. The Hall–Kier alpha value is -7.10. The van der Waals surface area contributed by atoms with E-state index in [1.807, 2.05) is 72.8 Å². The summed E-state index contributed by atoms with van der Waals surface area (Å²) >= 11 is 0. The summed E-state index contributed by atoms with van der Waals surface area (Å²) in [7, 11) is 0. The van der Waals surface area contributed by atoms with Crippen molar-refractivity contribution < 1.29 is 33.2 Å². The highest BCUT2D eigenvalue weighted by atomic mass is 16.6. The highest BCUT2D eigenvalue weighted by Gasteiger charge is 2.50. The standard InChI is InChI=1S/C65H62O7/c1-2-51-37-38-53(42-54(51)41-52-29-21-22-36-58(52)59-46-66-39-40-67-59)61-63(69-44-49-25-11-4-12-26-49)64(70-45-50-27-13-5-14-28-50)62(68-43-48-23-9-3-10-24-48)60(72-61)47-71-65(55-30-15-6-16-31-55,56-32-17-7-18-33-56)57-34-19-8-20-35-57/h3-21,23-35,37-40,42,46,60-64H,2,22,36,41,43-45,47H2,1H3. The molecule has 0 radical (unpaired) electrons. The van der Waals surface area contributed by atoms with Crippen LogP contribution < -0.4 is 0 Å². The van der Waals surface area contributed by atoms with E-state index in [1.54, 1.807) is 18.8 Å². The van der Waals surface area contributed by atoms with Gasteiger partial charge in [0.25, 0.3) is 0 Å². The zero-order valence-corrected chi connectivity index (χ0v) is 40.8. The Morgan fingerprint density at radius 3 is 1.57 bits per heavy atom. The van der Waals surface area contributed by atoms with Gasteiger partial charge < -0.3 is 33.2 Å². The second kappa shape index (κ2) is 23.9. The van der Waals surface area contributed by atoms with E-state index in [4.69, 9.17) is 33.2 Å². The molecular formula is C65H62O7. The molecule has 2 heterocycles. The summed E-state index contributed by atoms with van der Waals surface area (Å²) in [5, 5.41) is 0. The lowest BCUT2D eigenvalue weighted by Crippen LogP contribution is -2.58. The first-order valence-electron chi connectivity index (χ1n) is 25.3. The van der Waals surface area contributed by atoms with Gasteiger partial charge in [-0.15, -0.1) is 0 Å². The van der Waals surface area contributed by atoms with E-state index < -0.39 is 36.1 Å². The van der Waals surface area contributed by atoms with Crippen LogP contribution in [0.4, 0.5) is 0 Å². The summed E-state index contributed by atoms with van der Waals surface area (Å²) in [5.74, 6) is 0.747. The molecule has 1 fully saturated rings. The summed E-state index contributed by atoms with van der Waals surface area (Å²) in [4.78, 5) is 0. The van der Waals surface area contributed by atoms with Crippen LogP contribution >= 0.6 is 0 Å². The summed E-state index contributed by atoms with van der Waals surface area (Å²) in [6.45, 7) is 3.37. The fourth-order valence-electron chi connectivity index (χ4n) is 10.3. The lowest BCUT2D eigenvalue weighted by Gasteiger charge is -2.47. The smallest absolute Gasteiger partial charge is 0.165 e. The van der Waals surface area contributed by atoms with Gasteiger partial charge in [0, 0.05) is 5.57 Å². The minimum Gasteiger partial charge on any atom is -0.466 e. The van der Waals surface area contributed by atoms with Crippen molar-refractivity contribution in [2.45, 2.75) is 88.5 Å². The van der Waals surface area contributed by atoms with Crippen molar-refractivity contribution in [3.63, 3.8) is 0 Å². The number of aryl methyl sites for hydroxylation is 1. The van der Waals surface area contributed by atoms with Crippen LogP contribution in [0.3, 0.4) is 0 Å². The van der Waals surface area contributed by atoms with Crippen molar-refractivity contribution in [2.24, 2.45) is 0 Å². The van der Waals surface area contributed by atoms with E-state index in [2.05, 4.69) is 146 Å². The molecule has 7 nitrogen and oxygen atoms in total. The Kier molecular flexibility index (Phi) is 16.1. The Morgan fingerprint density at radius 2 is 1.06 bits per heavy atom. The summed E-state index contributed by atoms with van der Waals surface area (Å²) in [6.07, 6.45) is 9.61. The van der Waals surface area contributed by atoms with Crippen LogP contribution in [0.5, 0.6) is 0 Å². The van der Waals surface area contributed by atoms with Crippen molar-refractivity contribution in [3.8, 4) is 0 Å². The minimum atomic E-state index is -1.01. The van der Waals surface area contributed by atoms with Gasteiger partial charge in [-0.05, 0) is 81.3 Å². The van der Waals surface area contributed by atoms with Crippen molar-refractivity contribution >= 4 is 0 Å². The van der Waals surface area contributed by atoms with Gasteiger partial charge in [0.1, 0.15) is 54.9 Å². The molecule has 7 aromatic rings. The zero-order valence-electron chi connectivity index (χ0n) is 40.8. The number of hydrogen-bond acceptors (Lipinski definition) is 7. The van der Waals surface area contributed by atoms with Crippen molar-refractivity contribution in [2.75, 3.05) is 6.61 Å². The molecule has 10 rings (SSSR count). The van der Waals surface area contributed by atoms with Crippen LogP contribution in [-0.4, -0.2) is 31.0 Å². The molecule has 2 aliphatic heterocycles. The minimum absolute atomic E-state index is 0.151. The third-order valence-corrected chi connectivity index (χ3v) is 13.9. The molecule has 0 amide bonds. The maximum atomic E-state index is 7.66. The fourth-order valence-corrected chi connectivity index (χ4v) is 10.3. The molecule has 0 aromatic heterocycles. The Morgan fingerprint density at radius 1 is 0.542 bits per heavy atom. The number of ether oxygens (including phenoxy) is 7. The first-order valence-corrected chi connectivity index (χ1v) is 25.3. The predicted octanol–water partition coefficient (Wildman–Crippen LogP) is 14.0. The van der Waals surface area contributed by atoms with Crippen LogP contribution in [0, 0.1) is 0 Å². The lowest BCUT2D eigenvalue weighted by molar-refractivity contribution is -0.277. The maximum Gasteiger partial charge on any atom is 0.165 e. The molecule has 7 aromatic carbocycles. The van der Waals surface area contributed by atoms with E-state index in [0.29, 0.717) is 26.2 Å². The molecule has 1 saturated heterocycles. The molecule has 0 saturated carbocycles. The lowest BCUT2D eigenvalue weighted by atomic mass is 9.80. The summed E-state index contributed by atoms with van der Waals surface area (Å²) in [5.41, 5.74) is 10.9. The molecular weight excluding hydrogens is 893 g/mol. The second-order valence-electron chi connectivity index (χ2n) is 18.5. The molecule has 3 aliphatic rings. The highest BCUT2D eigenvalue weighted by Crippen LogP contribution is 2.44. The third-order valence-electron chi connectivity index (χ3n) is 13.9. The fraction of sp³-hybridized carbons (Fsp3) is 0.231. The largest absolute Gasteiger partial charge is 0.466 e. The monoisotopic (exact) mass is 954 g/mol. The molecule has 1 aliphatic carbocycles. The highest BCUT2D eigenvalue weighted by molar-refractivity contribution is 5.48. The van der Waals surface area contributed by atoms with E-state index in [0.717, 1.165) is 69.5 Å². The predicted molar refractivity (Wildman–Crippen MR) is 282 cm³/mol. The van der Waals surface area contributed by atoms with Gasteiger partial charge in [-0.25, -0.2) is 0 Å². The SMILES string of the molecule is CCc1ccc(C2OC(COC(c3ccccc3)(c3ccccc3)c3ccccc3)C(OCc3ccccc3)C(OCc3ccccc3)C2OCc2ccccc2)cc1CC1=C(C2=COC=CO2)CCC=C1. The molecule has 0 spiro atoms. The zero-order chi connectivity index (χ0) is 48.8. The van der Waals surface area contributed by atoms with Gasteiger partial charge >= 0.3 is 0 Å². The number of allylic oxidation sites excluding steroid dienone is 4. The number of benzene rings is 7. The number of hydrogen-bond donors (Lipinski definition) is 0. The van der Waals surface area contributed by atoms with Crippen LogP contribution in [0.1, 0.15) is 75.9 Å². The Bertz CT molecular complexity index is 2820. The molecule has 0 N–H and O–H groups in total. The molecule has 5 atom stereocenters. The van der Waals surface area contributed by atoms with Crippen molar-refractivity contribution in [1.29, 1.82) is 0 Å². The molecule has 364 valence electrons. The first-order chi connectivity index (χ1) is 35.7. The van der Waals surface area contributed by atoms with Gasteiger partial charge in [0.05, 0.1) is 26.4 Å². The average molecular weight is 955 g/mol. The molecule has 72 heavy (non-hydrogen) atoms. The van der Waals surface area contributed by atoms with Crippen LogP contribution in [0.2, 0.25) is 0 Å². The van der Waals surface area contributed by atoms with Crippen LogP contribution in [-0.2, 0) is 71.4 Å². The number of rotatable bonds is 20. The van der Waals surface area contributed by atoms with E-state index in [9.17, 15) is 0 Å². The molecule has 5 unspecified atom stereocenters. The molecule has 7 heteroatoms. The summed E-state index contributed by atoms with van der Waals surface area (Å²) < 4.78 is 48.6. The molecule has 0 bridgehead atoms. The van der Waals surface area contributed by atoms with E-state index in [1.165, 1.54) is 16.7 Å². The normalized spacial score (nSPS) is 19.8. The first kappa shape index (κ1) is 48.5. The van der Waals surface area contributed by atoms with Gasteiger partial charge in [-0.1, -0.05) is 219 Å². The van der Waals surface area contributed by atoms with Crippen molar-refractivity contribution in [3.05, 3.63) is 298 Å². The third kappa shape index (κ3) is 11.3. The van der Waals surface area contributed by atoms with E-state index >= 15 is 0 Å². The van der Waals surface area contributed by atoms with Gasteiger partial charge in [0.2, 0.25) is 0 Å². The maximum absolute atomic E-state index is 7.66. The van der Waals surface area contributed by atoms with Gasteiger partial charge in [-0.2, -0.15) is 0 Å². The Balaban J connectivity index is 1.10. The topological polar surface area (TPSA) is 64.6 Å². The quantitative estimate of drug-likeness (QED) is 0.0705. The van der Waals surface area contributed by atoms with Crippen LogP contribution in [0.15, 0.2) is 248 Å². The Labute approximate surface area is 424 Å². The van der Waals surface area contributed by atoms with Crippen LogP contribution in [0.25, 0.3) is 0 Å².